The summed E-state index contributed by atoms with van der Waals surface area (Å²) in [5.74, 6) is 0.687. The SMILES string of the molecule is C=CCn1c(SC(C(=O)NC2CC2)c2ccc(F)cc2)nnc1-c1ccco1. The molecule has 1 saturated carbocycles. The molecule has 4 rings (SSSR count). The van der Waals surface area contributed by atoms with Gasteiger partial charge < -0.3 is 9.73 Å². The second-order valence-electron chi connectivity index (χ2n) is 6.52. The lowest BCUT2D eigenvalue weighted by atomic mass is 10.1. The van der Waals surface area contributed by atoms with Crippen LogP contribution < -0.4 is 5.32 Å². The molecule has 1 aromatic carbocycles. The highest BCUT2D eigenvalue weighted by Crippen LogP contribution is 2.37. The summed E-state index contributed by atoms with van der Waals surface area (Å²) < 4.78 is 20.7. The first-order chi connectivity index (χ1) is 13.7. The van der Waals surface area contributed by atoms with E-state index in [4.69, 9.17) is 4.42 Å². The van der Waals surface area contributed by atoms with E-state index in [2.05, 4.69) is 22.1 Å². The quantitative estimate of drug-likeness (QED) is 0.459. The highest BCUT2D eigenvalue weighted by molar-refractivity contribution is 8.00. The maximum atomic E-state index is 13.4. The Morgan fingerprint density at radius 1 is 1.36 bits per heavy atom. The van der Waals surface area contributed by atoms with E-state index < -0.39 is 5.25 Å². The van der Waals surface area contributed by atoms with Gasteiger partial charge in [-0.1, -0.05) is 30.0 Å². The molecule has 0 bridgehead atoms. The maximum Gasteiger partial charge on any atom is 0.238 e. The molecule has 2 heterocycles. The number of nitrogens with one attached hydrogen (secondary N) is 1. The van der Waals surface area contributed by atoms with Gasteiger partial charge in [0.15, 0.2) is 10.9 Å². The molecule has 6 nitrogen and oxygen atoms in total. The number of carbonyl (C=O) groups excluding carboxylic acids is 1. The Morgan fingerprint density at radius 3 is 2.79 bits per heavy atom. The highest BCUT2D eigenvalue weighted by Gasteiger charge is 2.31. The van der Waals surface area contributed by atoms with Crippen molar-refractivity contribution in [2.75, 3.05) is 0 Å². The molecular formula is C20H19FN4O2S. The topological polar surface area (TPSA) is 73.0 Å². The van der Waals surface area contributed by atoms with Crippen LogP contribution in [0.1, 0.15) is 23.7 Å². The van der Waals surface area contributed by atoms with Crippen LogP contribution in [-0.4, -0.2) is 26.7 Å². The third-order valence-corrected chi connectivity index (χ3v) is 5.56. The van der Waals surface area contributed by atoms with Crippen molar-refractivity contribution in [2.24, 2.45) is 0 Å². The van der Waals surface area contributed by atoms with Gasteiger partial charge in [-0.05, 0) is 42.7 Å². The number of allylic oxidation sites excluding steroid dienone is 1. The molecule has 1 aliphatic carbocycles. The lowest BCUT2D eigenvalue weighted by molar-refractivity contribution is -0.120. The number of halogens is 1. The molecule has 1 fully saturated rings. The molecule has 3 aromatic rings. The first-order valence-corrected chi connectivity index (χ1v) is 9.84. The minimum atomic E-state index is -0.571. The maximum absolute atomic E-state index is 13.4. The average Bonchev–Trinajstić information content (AvgIpc) is 3.17. The summed E-state index contributed by atoms with van der Waals surface area (Å²) in [4.78, 5) is 12.9. The van der Waals surface area contributed by atoms with Crippen molar-refractivity contribution >= 4 is 17.7 Å². The first-order valence-electron chi connectivity index (χ1n) is 8.96. The largest absolute Gasteiger partial charge is 0.461 e. The van der Waals surface area contributed by atoms with Gasteiger partial charge in [0.05, 0.1) is 6.26 Å². The van der Waals surface area contributed by atoms with Crippen molar-refractivity contribution < 1.29 is 13.6 Å². The number of nitrogens with zero attached hydrogens (tertiary/aromatic N) is 3. The van der Waals surface area contributed by atoms with Crippen LogP contribution in [0.4, 0.5) is 4.39 Å². The Balaban J connectivity index is 1.66. The molecule has 8 heteroatoms. The normalized spacial score (nSPS) is 14.6. The number of hydrogen-bond donors (Lipinski definition) is 1. The van der Waals surface area contributed by atoms with Crippen molar-refractivity contribution in [3.8, 4) is 11.6 Å². The summed E-state index contributed by atoms with van der Waals surface area (Å²) in [6.07, 6.45) is 5.28. The fourth-order valence-corrected chi connectivity index (χ4v) is 3.83. The zero-order valence-electron chi connectivity index (χ0n) is 15.0. The second-order valence-corrected chi connectivity index (χ2v) is 7.59. The average molecular weight is 398 g/mol. The lowest BCUT2D eigenvalue weighted by Crippen LogP contribution is -2.30. The zero-order chi connectivity index (χ0) is 19.5. The van der Waals surface area contributed by atoms with Gasteiger partial charge in [0.1, 0.15) is 11.1 Å². The number of carbonyl (C=O) groups is 1. The Morgan fingerprint density at radius 2 is 2.14 bits per heavy atom. The number of aromatic nitrogens is 3. The molecule has 2 aromatic heterocycles. The van der Waals surface area contributed by atoms with Crippen LogP contribution in [0.15, 0.2) is 64.9 Å². The standard InChI is InChI=1S/C20H19FN4O2S/c1-2-11-25-18(16-4-3-12-27-16)23-24-20(25)28-17(19(26)22-15-9-10-15)13-5-7-14(21)8-6-13/h2-8,12,15,17H,1,9-11H2,(H,22,26). The van der Waals surface area contributed by atoms with Gasteiger partial charge in [-0.25, -0.2) is 4.39 Å². The van der Waals surface area contributed by atoms with Crippen molar-refractivity contribution in [2.45, 2.75) is 35.8 Å². The minimum Gasteiger partial charge on any atom is -0.461 e. The number of amides is 1. The van der Waals surface area contributed by atoms with Crippen molar-refractivity contribution in [3.63, 3.8) is 0 Å². The highest BCUT2D eigenvalue weighted by atomic mass is 32.2. The van der Waals surface area contributed by atoms with E-state index in [1.807, 2.05) is 4.57 Å². The van der Waals surface area contributed by atoms with E-state index in [1.165, 1.54) is 23.9 Å². The minimum absolute atomic E-state index is 0.119. The number of thioether (sulfide) groups is 1. The zero-order valence-corrected chi connectivity index (χ0v) is 15.9. The third kappa shape index (κ3) is 4.01. The van der Waals surface area contributed by atoms with E-state index in [-0.39, 0.29) is 17.8 Å². The molecular weight excluding hydrogens is 379 g/mol. The van der Waals surface area contributed by atoms with Crippen LogP contribution in [0.3, 0.4) is 0 Å². The molecule has 1 N–H and O–H groups in total. The molecule has 28 heavy (non-hydrogen) atoms. The van der Waals surface area contributed by atoms with E-state index in [9.17, 15) is 9.18 Å². The van der Waals surface area contributed by atoms with E-state index in [0.717, 1.165) is 12.8 Å². The smallest absolute Gasteiger partial charge is 0.238 e. The van der Waals surface area contributed by atoms with Crippen LogP contribution >= 0.6 is 11.8 Å². The summed E-state index contributed by atoms with van der Waals surface area (Å²) in [7, 11) is 0. The molecule has 1 aliphatic rings. The molecule has 144 valence electrons. The van der Waals surface area contributed by atoms with E-state index >= 15 is 0 Å². The Bertz CT molecular complexity index is 965. The number of hydrogen-bond acceptors (Lipinski definition) is 5. The molecule has 0 saturated heterocycles. The molecule has 0 spiro atoms. The summed E-state index contributed by atoms with van der Waals surface area (Å²) in [6.45, 7) is 4.26. The van der Waals surface area contributed by atoms with Crippen LogP contribution in [0.25, 0.3) is 11.6 Å². The van der Waals surface area contributed by atoms with Crippen molar-refractivity contribution in [1.29, 1.82) is 0 Å². The van der Waals surface area contributed by atoms with Gasteiger partial charge >= 0.3 is 0 Å². The number of benzene rings is 1. The Labute approximate surface area is 165 Å². The van der Waals surface area contributed by atoms with E-state index in [1.54, 1.807) is 36.6 Å². The first kappa shape index (κ1) is 18.5. The molecule has 0 radical (unpaired) electrons. The van der Waals surface area contributed by atoms with Gasteiger partial charge in [0.2, 0.25) is 11.7 Å². The summed E-state index contributed by atoms with van der Waals surface area (Å²) >= 11 is 1.28. The van der Waals surface area contributed by atoms with Gasteiger partial charge in [0.25, 0.3) is 0 Å². The number of furan rings is 1. The van der Waals surface area contributed by atoms with Gasteiger partial charge in [-0.2, -0.15) is 0 Å². The van der Waals surface area contributed by atoms with Crippen LogP contribution in [0, 0.1) is 5.82 Å². The van der Waals surface area contributed by atoms with Gasteiger partial charge in [-0.3, -0.25) is 9.36 Å². The molecule has 1 atom stereocenters. The van der Waals surface area contributed by atoms with Gasteiger partial charge in [0, 0.05) is 12.6 Å². The van der Waals surface area contributed by atoms with Crippen molar-refractivity contribution in [1.82, 2.24) is 20.1 Å². The predicted molar refractivity (Wildman–Crippen MR) is 104 cm³/mol. The summed E-state index contributed by atoms with van der Waals surface area (Å²) in [5.41, 5.74) is 0.706. The van der Waals surface area contributed by atoms with Crippen molar-refractivity contribution in [3.05, 3.63) is 66.7 Å². The van der Waals surface area contributed by atoms with Crippen LogP contribution in [0.5, 0.6) is 0 Å². The predicted octanol–water partition coefficient (Wildman–Crippen LogP) is 3.98. The van der Waals surface area contributed by atoms with Crippen LogP contribution in [-0.2, 0) is 11.3 Å². The fraction of sp³-hybridized carbons (Fsp3) is 0.250. The molecule has 0 aliphatic heterocycles. The lowest BCUT2D eigenvalue weighted by Gasteiger charge is -2.17. The Hall–Kier alpha value is -2.87. The molecule has 1 amide bonds. The second kappa shape index (κ2) is 8.02. The summed E-state index contributed by atoms with van der Waals surface area (Å²) in [6, 6.07) is 9.77. The molecule has 1 unspecified atom stereocenters. The summed E-state index contributed by atoms with van der Waals surface area (Å²) in [5, 5.41) is 11.5. The van der Waals surface area contributed by atoms with Gasteiger partial charge in [-0.15, -0.1) is 16.8 Å². The van der Waals surface area contributed by atoms with E-state index in [0.29, 0.717) is 28.8 Å². The third-order valence-electron chi connectivity index (χ3n) is 4.33. The van der Waals surface area contributed by atoms with Crippen LogP contribution in [0.2, 0.25) is 0 Å². The number of rotatable bonds is 8. The Kier molecular flexibility index (Phi) is 5.29. The fourth-order valence-electron chi connectivity index (χ4n) is 2.78. The monoisotopic (exact) mass is 398 g/mol.